The summed E-state index contributed by atoms with van der Waals surface area (Å²) in [4.78, 5) is 41.3. The summed E-state index contributed by atoms with van der Waals surface area (Å²) in [6.45, 7) is 4.84. The molecule has 2 amide bonds. The molecule has 0 bridgehead atoms. The summed E-state index contributed by atoms with van der Waals surface area (Å²) >= 11 is 0. The van der Waals surface area contributed by atoms with E-state index in [1.54, 1.807) is 15.7 Å². The van der Waals surface area contributed by atoms with E-state index in [2.05, 4.69) is 20.9 Å². The number of rotatable bonds is 5. The number of aromatic nitrogens is 2. The Kier molecular flexibility index (Phi) is 7.74. The second kappa shape index (κ2) is 10.7. The van der Waals surface area contributed by atoms with E-state index in [1.165, 1.54) is 0 Å². The number of amides is 2. The van der Waals surface area contributed by atoms with Gasteiger partial charge in [-0.05, 0) is 30.2 Å². The molecule has 10 heteroatoms. The number of nitrogens with zero attached hydrogens (tertiary/aromatic N) is 4. The molecule has 0 unspecified atom stereocenters. The van der Waals surface area contributed by atoms with Gasteiger partial charge in [0.15, 0.2) is 0 Å². The van der Waals surface area contributed by atoms with E-state index in [1.807, 2.05) is 30.3 Å². The van der Waals surface area contributed by atoms with Crippen molar-refractivity contribution < 1.29 is 9.59 Å². The Labute approximate surface area is 180 Å². The van der Waals surface area contributed by atoms with Crippen molar-refractivity contribution in [2.45, 2.75) is 18.9 Å². The Hall–Kier alpha value is -3.24. The van der Waals surface area contributed by atoms with Crippen molar-refractivity contribution in [3.05, 3.63) is 52.6 Å². The van der Waals surface area contributed by atoms with Gasteiger partial charge < -0.3 is 26.6 Å². The van der Waals surface area contributed by atoms with Crippen LogP contribution in [-0.2, 0) is 16.0 Å². The third-order valence-electron chi connectivity index (χ3n) is 5.33. The second-order valence-corrected chi connectivity index (χ2v) is 7.54. The lowest BCUT2D eigenvalue weighted by atomic mass is 10.1. The lowest BCUT2D eigenvalue weighted by molar-refractivity contribution is -0.135. The zero-order valence-electron chi connectivity index (χ0n) is 17.4. The fraction of sp³-hybridized carbons (Fsp3) is 0.429. The SMILES string of the molecule is NC1CN(C(=O)CCc2ccc(-n3ccc(N4CCNCC4)nc3=O)cc2)C1.NC=O. The first kappa shape index (κ1) is 22.4. The Bertz CT molecular complexity index is 933. The average molecular weight is 428 g/mol. The highest BCUT2D eigenvalue weighted by Gasteiger charge is 2.26. The maximum atomic E-state index is 12.5. The smallest absolute Gasteiger partial charge is 0.354 e. The minimum Gasteiger partial charge on any atom is -0.372 e. The van der Waals surface area contributed by atoms with Crippen LogP contribution in [0.15, 0.2) is 41.3 Å². The van der Waals surface area contributed by atoms with Crippen molar-refractivity contribution in [1.82, 2.24) is 19.8 Å². The van der Waals surface area contributed by atoms with Crippen LogP contribution in [0.2, 0.25) is 0 Å². The molecule has 0 spiro atoms. The van der Waals surface area contributed by atoms with Crippen molar-refractivity contribution in [3.8, 4) is 5.69 Å². The minimum absolute atomic E-state index is 0.133. The molecule has 0 radical (unpaired) electrons. The van der Waals surface area contributed by atoms with E-state index in [-0.39, 0.29) is 24.0 Å². The highest BCUT2D eigenvalue weighted by atomic mass is 16.2. The van der Waals surface area contributed by atoms with Gasteiger partial charge in [0.05, 0.1) is 5.69 Å². The van der Waals surface area contributed by atoms with Gasteiger partial charge in [-0.2, -0.15) is 4.98 Å². The number of benzene rings is 1. The first-order valence-electron chi connectivity index (χ1n) is 10.3. The molecule has 2 aliphatic rings. The quantitative estimate of drug-likeness (QED) is 0.512. The molecule has 4 rings (SSSR count). The molecule has 1 aromatic heterocycles. The van der Waals surface area contributed by atoms with E-state index in [0.717, 1.165) is 43.2 Å². The molecular weight excluding hydrogens is 398 g/mol. The summed E-state index contributed by atoms with van der Waals surface area (Å²) in [7, 11) is 0. The average Bonchev–Trinajstić information content (AvgIpc) is 2.77. The summed E-state index contributed by atoms with van der Waals surface area (Å²) in [6, 6.07) is 9.73. The van der Waals surface area contributed by atoms with Gasteiger partial charge in [0.2, 0.25) is 12.3 Å². The molecule has 2 aliphatic heterocycles. The molecule has 166 valence electrons. The Morgan fingerprint density at radius 2 is 1.81 bits per heavy atom. The molecule has 1 aromatic carbocycles. The second-order valence-electron chi connectivity index (χ2n) is 7.54. The molecule has 2 fully saturated rings. The van der Waals surface area contributed by atoms with Crippen molar-refractivity contribution in [1.29, 1.82) is 0 Å². The molecule has 2 saturated heterocycles. The maximum Gasteiger partial charge on any atom is 0.354 e. The predicted molar refractivity (Wildman–Crippen MR) is 118 cm³/mol. The summed E-state index contributed by atoms with van der Waals surface area (Å²) in [6.07, 6.45) is 3.19. The molecule has 10 nitrogen and oxygen atoms in total. The lowest BCUT2D eigenvalue weighted by Gasteiger charge is -2.36. The van der Waals surface area contributed by atoms with Gasteiger partial charge in [-0.25, -0.2) is 4.79 Å². The fourth-order valence-electron chi connectivity index (χ4n) is 3.61. The van der Waals surface area contributed by atoms with Gasteiger partial charge in [-0.3, -0.25) is 14.2 Å². The number of aryl methyl sites for hydroxylation is 1. The van der Waals surface area contributed by atoms with Crippen LogP contribution in [0.25, 0.3) is 5.69 Å². The van der Waals surface area contributed by atoms with Crippen LogP contribution in [0.5, 0.6) is 0 Å². The van der Waals surface area contributed by atoms with Gasteiger partial charge >= 0.3 is 5.69 Å². The molecule has 5 N–H and O–H groups in total. The predicted octanol–water partition coefficient (Wildman–Crippen LogP) is -1.15. The summed E-state index contributed by atoms with van der Waals surface area (Å²) in [5.41, 5.74) is 11.4. The first-order chi connectivity index (χ1) is 15.0. The largest absolute Gasteiger partial charge is 0.372 e. The molecule has 3 heterocycles. The standard InChI is InChI=1S/C20H26N6O2.CH3NO/c21-16-13-25(14-16)19(27)6-3-15-1-4-17(5-2-15)26-10-7-18(23-20(26)28)24-11-8-22-9-12-24;2-1-3/h1-2,4-5,7,10,16,22H,3,6,8-9,11-14,21H2;1H,(H2,2,3). The zero-order chi connectivity index (χ0) is 22.2. The van der Waals surface area contributed by atoms with E-state index >= 15 is 0 Å². The van der Waals surface area contributed by atoms with Gasteiger partial charge in [-0.15, -0.1) is 0 Å². The van der Waals surface area contributed by atoms with E-state index in [0.29, 0.717) is 25.9 Å². The van der Waals surface area contributed by atoms with Gasteiger partial charge in [0, 0.05) is 57.9 Å². The monoisotopic (exact) mass is 427 g/mol. The van der Waals surface area contributed by atoms with Crippen LogP contribution in [-0.4, -0.2) is 72.1 Å². The van der Waals surface area contributed by atoms with Gasteiger partial charge in [-0.1, -0.05) is 12.1 Å². The van der Waals surface area contributed by atoms with Gasteiger partial charge in [0.25, 0.3) is 0 Å². The number of primary amides is 1. The number of piperazine rings is 1. The van der Waals surface area contributed by atoms with Crippen LogP contribution >= 0.6 is 0 Å². The third-order valence-corrected chi connectivity index (χ3v) is 5.33. The maximum absolute atomic E-state index is 12.5. The van der Waals surface area contributed by atoms with Crippen LogP contribution < -0.4 is 27.4 Å². The summed E-state index contributed by atoms with van der Waals surface area (Å²) < 4.78 is 1.54. The normalized spacial score (nSPS) is 16.2. The van der Waals surface area contributed by atoms with E-state index < -0.39 is 0 Å². The number of hydrogen-bond donors (Lipinski definition) is 3. The molecule has 0 saturated carbocycles. The van der Waals surface area contributed by atoms with Crippen molar-refractivity contribution in [2.24, 2.45) is 11.5 Å². The Morgan fingerprint density at radius 3 is 2.39 bits per heavy atom. The summed E-state index contributed by atoms with van der Waals surface area (Å²) in [5.74, 6) is 0.873. The Balaban J connectivity index is 0.000000858. The topological polar surface area (TPSA) is 140 Å². The molecule has 0 atom stereocenters. The van der Waals surface area contributed by atoms with Crippen LogP contribution in [0.3, 0.4) is 0 Å². The van der Waals surface area contributed by atoms with Crippen molar-refractivity contribution >= 4 is 18.1 Å². The zero-order valence-corrected chi connectivity index (χ0v) is 17.4. The highest BCUT2D eigenvalue weighted by Crippen LogP contribution is 2.14. The van der Waals surface area contributed by atoms with Crippen molar-refractivity contribution in [2.75, 3.05) is 44.2 Å². The van der Waals surface area contributed by atoms with Crippen LogP contribution in [0, 0.1) is 0 Å². The van der Waals surface area contributed by atoms with E-state index in [4.69, 9.17) is 10.5 Å². The number of anilines is 1. The summed E-state index contributed by atoms with van der Waals surface area (Å²) in [5, 5.41) is 3.29. The van der Waals surface area contributed by atoms with Crippen molar-refractivity contribution in [3.63, 3.8) is 0 Å². The highest BCUT2D eigenvalue weighted by molar-refractivity contribution is 5.77. The van der Waals surface area contributed by atoms with Gasteiger partial charge in [0.1, 0.15) is 5.82 Å². The number of carbonyl (C=O) groups excluding carboxylic acids is 2. The molecule has 2 aromatic rings. The molecule has 0 aliphatic carbocycles. The third kappa shape index (κ3) is 5.89. The first-order valence-corrected chi connectivity index (χ1v) is 10.3. The van der Waals surface area contributed by atoms with Crippen LogP contribution in [0.1, 0.15) is 12.0 Å². The van der Waals surface area contributed by atoms with Crippen LogP contribution in [0.4, 0.5) is 5.82 Å². The molecular formula is C21H29N7O3. The number of carbonyl (C=O) groups is 2. The molecule has 31 heavy (non-hydrogen) atoms. The van der Waals surface area contributed by atoms with E-state index in [9.17, 15) is 9.59 Å². The number of nitrogens with one attached hydrogen (secondary N) is 1. The number of hydrogen-bond acceptors (Lipinski definition) is 7. The minimum atomic E-state index is -0.284. The number of nitrogens with two attached hydrogens (primary N) is 2. The Morgan fingerprint density at radius 1 is 1.16 bits per heavy atom. The fourth-order valence-corrected chi connectivity index (χ4v) is 3.61. The number of likely N-dealkylation sites (tertiary alicyclic amines) is 1. The lowest BCUT2D eigenvalue weighted by Crippen LogP contribution is -2.57.